The molecule has 1 aromatic rings. The summed E-state index contributed by atoms with van der Waals surface area (Å²) in [5.41, 5.74) is -0.287. The summed E-state index contributed by atoms with van der Waals surface area (Å²) in [6, 6.07) is -0.399. The number of hydrogen-bond donors (Lipinski definition) is 2. The Labute approximate surface area is 105 Å². The van der Waals surface area contributed by atoms with Gasteiger partial charge in [-0.25, -0.2) is 9.78 Å². The number of carbonyl (C=O) groups is 2. The molecular weight excluding hydrogens is 234 g/mol. The van der Waals surface area contributed by atoms with Crippen LogP contribution < -0.4 is 10.6 Å². The quantitative estimate of drug-likeness (QED) is 0.755. The van der Waals surface area contributed by atoms with Crippen LogP contribution >= 0.6 is 0 Å². The minimum Gasteiger partial charge on any atom is -0.372 e. The molecule has 0 atom stereocenters. The molecule has 2 rings (SSSR count). The van der Waals surface area contributed by atoms with Crippen molar-refractivity contribution in [3.63, 3.8) is 0 Å². The predicted octanol–water partition coefficient (Wildman–Crippen LogP) is 0.349. The van der Waals surface area contributed by atoms with E-state index in [-0.39, 0.29) is 12.5 Å². The van der Waals surface area contributed by atoms with Crippen LogP contribution in [0, 0.1) is 0 Å². The van der Waals surface area contributed by atoms with E-state index in [4.69, 9.17) is 0 Å². The number of nitrogens with one attached hydrogen (secondary N) is 2. The molecule has 0 bridgehead atoms. The van der Waals surface area contributed by atoms with Gasteiger partial charge in [0.1, 0.15) is 11.4 Å². The van der Waals surface area contributed by atoms with Crippen molar-refractivity contribution >= 4 is 17.8 Å². The topological polar surface area (TPSA) is 87.2 Å². The minimum atomic E-state index is -0.852. The van der Waals surface area contributed by atoms with Crippen molar-refractivity contribution in [3.05, 3.63) is 18.1 Å². The average Bonchev–Trinajstić information content (AvgIpc) is 2.52. The predicted molar refractivity (Wildman–Crippen MR) is 64.7 cm³/mol. The number of aromatic nitrogens is 2. The average molecular weight is 249 g/mol. The highest BCUT2D eigenvalue weighted by Crippen LogP contribution is 2.18. The van der Waals surface area contributed by atoms with E-state index in [2.05, 4.69) is 20.6 Å². The summed E-state index contributed by atoms with van der Waals surface area (Å²) in [5.74, 6) is 0.378. The van der Waals surface area contributed by atoms with Gasteiger partial charge in [-0.3, -0.25) is 14.7 Å². The van der Waals surface area contributed by atoms with Crippen LogP contribution in [0.25, 0.3) is 0 Å². The van der Waals surface area contributed by atoms with Crippen LogP contribution in [0.5, 0.6) is 0 Å². The zero-order chi connectivity index (χ0) is 13.3. The van der Waals surface area contributed by atoms with Gasteiger partial charge in [0.05, 0.1) is 24.6 Å². The van der Waals surface area contributed by atoms with Crippen molar-refractivity contribution in [2.45, 2.75) is 25.9 Å². The van der Waals surface area contributed by atoms with Crippen molar-refractivity contribution < 1.29 is 9.59 Å². The molecule has 1 saturated heterocycles. The SMILES string of the molecule is CNc1cnc(CN2C(=O)NC(C)(C)C2=O)cn1. The molecule has 2 N–H and O–H groups in total. The van der Waals surface area contributed by atoms with Crippen LogP contribution in [0.1, 0.15) is 19.5 Å². The molecule has 0 saturated carbocycles. The van der Waals surface area contributed by atoms with Gasteiger partial charge in [0, 0.05) is 7.05 Å². The Morgan fingerprint density at radius 3 is 2.50 bits per heavy atom. The van der Waals surface area contributed by atoms with E-state index >= 15 is 0 Å². The first kappa shape index (κ1) is 12.3. The third-order valence-electron chi connectivity index (χ3n) is 2.73. The summed E-state index contributed by atoms with van der Waals surface area (Å²) in [6.45, 7) is 3.47. The Kier molecular flexibility index (Phi) is 2.90. The van der Waals surface area contributed by atoms with Gasteiger partial charge in [-0.15, -0.1) is 0 Å². The number of urea groups is 1. The molecule has 1 fully saturated rings. The number of nitrogens with zero attached hydrogens (tertiary/aromatic N) is 3. The van der Waals surface area contributed by atoms with E-state index in [1.165, 1.54) is 6.20 Å². The first-order chi connectivity index (χ1) is 8.44. The molecule has 0 radical (unpaired) electrons. The number of anilines is 1. The van der Waals surface area contributed by atoms with Gasteiger partial charge in [-0.1, -0.05) is 0 Å². The summed E-state index contributed by atoms with van der Waals surface area (Å²) in [4.78, 5) is 33.0. The Bertz CT molecular complexity index is 483. The maximum atomic E-state index is 11.9. The highest BCUT2D eigenvalue weighted by atomic mass is 16.2. The lowest BCUT2D eigenvalue weighted by Crippen LogP contribution is -2.40. The molecule has 1 aliphatic heterocycles. The summed E-state index contributed by atoms with van der Waals surface area (Å²) in [6.07, 6.45) is 3.09. The van der Waals surface area contributed by atoms with Gasteiger partial charge < -0.3 is 10.6 Å². The van der Waals surface area contributed by atoms with Gasteiger partial charge in [0.2, 0.25) is 0 Å². The third kappa shape index (κ3) is 2.11. The lowest BCUT2D eigenvalue weighted by Gasteiger charge is -2.15. The standard InChI is InChI=1S/C11H15N5O2/c1-11(2)9(17)16(10(18)15-11)6-7-4-14-8(12-3)5-13-7/h4-5H,6H2,1-3H3,(H,12,14)(H,15,18). The molecule has 0 aliphatic carbocycles. The Morgan fingerprint density at radius 1 is 1.33 bits per heavy atom. The fourth-order valence-corrected chi connectivity index (χ4v) is 1.69. The number of rotatable bonds is 3. The van der Waals surface area contributed by atoms with Gasteiger partial charge in [-0.05, 0) is 13.8 Å². The van der Waals surface area contributed by atoms with Crippen molar-refractivity contribution in [2.75, 3.05) is 12.4 Å². The van der Waals surface area contributed by atoms with E-state index in [9.17, 15) is 9.59 Å². The highest BCUT2D eigenvalue weighted by molar-refractivity contribution is 6.06. The number of hydrogen-bond acceptors (Lipinski definition) is 5. The molecule has 0 aromatic carbocycles. The van der Waals surface area contributed by atoms with E-state index < -0.39 is 11.6 Å². The van der Waals surface area contributed by atoms with Crippen LogP contribution in [0.3, 0.4) is 0 Å². The fraction of sp³-hybridized carbons (Fsp3) is 0.455. The van der Waals surface area contributed by atoms with E-state index in [0.717, 1.165) is 4.90 Å². The summed E-state index contributed by atoms with van der Waals surface area (Å²) < 4.78 is 0. The smallest absolute Gasteiger partial charge is 0.325 e. The van der Waals surface area contributed by atoms with Gasteiger partial charge in [-0.2, -0.15) is 0 Å². The van der Waals surface area contributed by atoms with Crippen molar-refractivity contribution in [1.29, 1.82) is 0 Å². The molecule has 18 heavy (non-hydrogen) atoms. The summed E-state index contributed by atoms with van der Waals surface area (Å²) >= 11 is 0. The van der Waals surface area contributed by atoms with E-state index in [1.54, 1.807) is 27.1 Å². The summed E-state index contributed by atoms with van der Waals surface area (Å²) in [7, 11) is 1.74. The second kappa shape index (κ2) is 4.25. The number of imide groups is 1. The first-order valence-electron chi connectivity index (χ1n) is 5.57. The van der Waals surface area contributed by atoms with Crippen LogP contribution in [-0.4, -0.2) is 39.4 Å². The molecule has 1 aromatic heterocycles. The monoisotopic (exact) mass is 249 g/mol. The van der Waals surface area contributed by atoms with Gasteiger partial charge >= 0.3 is 6.03 Å². The Morgan fingerprint density at radius 2 is 2.06 bits per heavy atom. The molecule has 2 heterocycles. The molecule has 1 aliphatic rings. The van der Waals surface area contributed by atoms with Crippen LogP contribution in [-0.2, 0) is 11.3 Å². The zero-order valence-electron chi connectivity index (χ0n) is 10.5. The molecule has 0 spiro atoms. The van der Waals surface area contributed by atoms with Crippen LogP contribution in [0.2, 0.25) is 0 Å². The highest BCUT2D eigenvalue weighted by Gasteiger charge is 2.44. The maximum absolute atomic E-state index is 11.9. The zero-order valence-corrected chi connectivity index (χ0v) is 10.5. The second-order valence-electron chi connectivity index (χ2n) is 4.59. The number of carbonyl (C=O) groups excluding carboxylic acids is 2. The molecule has 7 nitrogen and oxygen atoms in total. The van der Waals surface area contributed by atoms with E-state index in [1.807, 2.05) is 0 Å². The molecule has 7 heteroatoms. The van der Waals surface area contributed by atoms with Gasteiger partial charge in [0.15, 0.2) is 0 Å². The molecule has 96 valence electrons. The lowest BCUT2D eigenvalue weighted by molar-refractivity contribution is -0.130. The molecule has 3 amide bonds. The lowest BCUT2D eigenvalue weighted by atomic mass is 10.1. The Balaban J connectivity index is 2.14. The summed E-state index contributed by atoms with van der Waals surface area (Å²) in [5, 5.41) is 5.46. The fourth-order valence-electron chi connectivity index (χ4n) is 1.69. The number of amides is 3. The van der Waals surface area contributed by atoms with Gasteiger partial charge in [0.25, 0.3) is 5.91 Å². The Hall–Kier alpha value is -2.18. The third-order valence-corrected chi connectivity index (χ3v) is 2.73. The van der Waals surface area contributed by atoms with Crippen molar-refractivity contribution in [2.24, 2.45) is 0 Å². The van der Waals surface area contributed by atoms with E-state index in [0.29, 0.717) is 11.5 Å². The first-order valence-corrected chi connectivity index (χ1v) is 5.57. The van der Waals surface area contributed by atoms with Crippen molar-refractivity contribution in [3.8, 4) is 0 Å². The largest absolute Gasteiger partial charge is 0.372 e. The van der Waals surface area contributed by atoms with Crippen LogP contribution in [0.4, 0.5) is 10.6 Å². The molecular formula is C11H15N5O2. The van der Waals surface area contributed by atoms with Crippen molar-refractivity contribution in [1.82, 2.24) is 20.2 Å². The maximum Gasteiger partial charge on any atom is 0.325 e. The normalized spacial score (nSPS) is 17.8. The second-order valence-corrected chi connectivity index (χ2v) is 4.59. The molecule has 0 unspecified atom stereocenters. The minimum absolute atomic E-state index is 0.130. The van der Waals surface area contributed by atoms with Crippen LogP contribution in [0.15, 0.2) is 12.4 Å².